The third kappa shape index (κ3) is 4.21. The van der Waals surface area contributed by atoms with E-state index < -0.39 is 17.1 Å². The Balaban J connectivity index is 1.70. The van der Waals surface area contributed by atoms with Crippen molar-refractivity contribution in [3.05, 3.63) is 70.1 Å². The topological polar surface area (TPSA) is 66.5 Å². The molecule has 0 aromatic heterocycles. The fourth-order valence-corrected chi connectivity index (χ4v) is 3.45. The molecule has 0 aliphatic carbocycles. The van der Waals surface area contributed by atoms with Crippen LogP contribution in [-0.2, 0) is 9.59 Å². The van der Waals surface area contributed by atoms with Gasteiger partial charge in [0.2, 0.25) is 5.91 Å². The number of rotatable bonds is 4. The van der Waals surface area contributed by atoms with Gasteiger partial charge in [0.05, 0.1) is 4.91 Å². The molecule has 1 fully saturated rings. The average Bonchev–Trinajstić information content (AvgIpc) is 2.82. The predicted octanol–water partition coefficient (Wildman–Crippen LogP) is 3.98. The largest absolute Gasteiger partial charge is 0.325 e. The fourth-order valence-electron chi connectivity index (χ4n) is 2.61. The first-order valence-corrected chi connectivity index (χ1v) is 8.92. The van der Waals surface area contributed by atoms with E-state index in [0.29, 0.717) is 10.6 Å². The second-order valence-electron chi connectivity index (χ2n) is 6.10. The van der Waals surface area contributed by atoms with E-state index >= 15 is 0 Å². The quantitative estimate of drug-likeness (QED) is 0.831. The number of hydrogen-bond donors (Lipinski definition) is 1. The minimum absolute atomic E-state index is 0.302. The molecule has 1 heterocycles. The lowest BCUT2D eigenvalue weighted by Crippen LogP contribution is -2.36. The van der Waals surface area contributed by atoms with Crippen LogP contribution in [0.5, 0.6) is 0 Å². The van der Waals surface area contributed by atoms with Gasteiger partial charge in [-0.1, -0.05) is 42.0 Å². The molecule has 3 rings (SSSR count). The van der Waals surface area contributed by atoms with Gasteiger partial charge in [-0.2, -0.15) is 0 Å². The van der Waals surface area contributed by atoms with Gasteiger partial charge in [-0.3, -0.25) is 19.3 Å². The molecule has 3 amide bonds. The minimum atomic E-state index is -0.444. The van der Waals surface area contributed by atoms with Crippen molar-refractivity contribution >= 4 is 40.6 Å². The number of imide groups is 1. The SMILES string of the molecule is Cc1cccc(/C=C2\SC(=O)N(CC(=O)Nc3cccc(C)c3)C2=O)c1. The maximum atomic E-state index is 12.5. The summed E-state index contributed by atoms with van der Waals surface area (Å²) in [5.74, 6) is -0.851. The monoisotopic (exact) mass is 366 g/mol. The maximum absolute atomic E-state index is 12.5. The summed E-state index contributed by atoms with van der Waals surface area (Å²) in [5, 5.41) is 2.27. The third-order valence-electron chi connectivity index (χ3n) is 3.82. The van der Waals surface area contributed by atoms with E-state index in [9.17, 15) is 14.4 Å². The zero-order valence-corrected chi connectivity index (χ0v) is 15.3. The van der Waals surface area contributed by atoms with Crippen molar-refractivity contribution in [2.45, 2.75) is 13.8 Å². The first-order chi connectivity index (χ1) is 12.4. The number of amides is 3. The van der Waals surface area contributed by atoms with Crippen molar-refractivity contribution in [1.29, 1.82) is 0 Å². The van der Waals surface area contributed by atoms with Crippen LogP contribution < -0.4 is 5.32 Å². The minimum Gasteiger partial charge on any atom is -0.325 e. The summed E-state index contributed by atoms with van der Waals surface area (Å²) in [6.45, 7) is 3.57. The highest BCUT2D eigenvalue weighted by Crippen LogP contribution is 2.32. The summed E-state index contributed by atoms with van der Waals surface area (Å²) in [6, 6.07) is 15.0. The molecule has 26 heavy (non-hydrogen) atoms. The molecular weight excluding hydrogens is 348 g/mol. The van der Waals surface area contributed by atoms with Crippen molar-refractivity contribution in [1.82, 2.24) is 4.90 Å². The van der Waals surface area contributed by atoms with Crippen LogP contribution in [0.25, 0.3) is 6.08 Å². The van der Waals surface area contributed by atoms with Crippen molar-refractivity contribution < 1.29 is 14.4 Å². The summed E-state index contributed by atoms with van der Waals surface area (Å²) in [5.41, 5.74) is 3.56. The second kappa shape index (κ2) is 7.58. The summed E-state index contributed by atoms with van der Waals surface area (Å²) in [6.07, 6.45) is 1.68. The van der Waals surface area contributed by atoms with E-state index in [0.717, 1.165) is 33.4 Å². The van der Waals surface area contributed by atoms with E-state index in [-0.39, 0.29) is 6.54 Å². The van der Waals surface area contributed by atoms with Gasteiger partial charge in [-0.15, -0.1) is 0 Å². The second-order valence-corrected chi connectivity index (χ2v) is 7.09. The number of anilines is 1. The van der Waals surface area contributed by atoms with Gasteiger partial charge in [0.15, 0.2) is 0 Å². The van der Waals surface area contributed by atoms with Gasteiger partial charge in [0.25, 0.3) is 11.1 Å². The zero-order chi connectivity index (χ0) is 18.7. The number of aryl methyl sites for hydroxylation is 2. The Morgan fingerprint density at radius 2 is 1.77 bits per heavy atom. The molecule has 0 spiro atoms. The molecule has 1 aliphatic rings. The molecule has 0 radical (unpaired) electrons. The number of nitrogens with zero attached hydrogens (tertiary/aromatic N) is 1. The van der Waals surface area contributed by atoms with Gasteiger partial charge in [-0.25, -0.2) is 0 Å². The van der Waals surface area contributed by atoms with Crippen LogP contribution in [0.1, 0.15) is 16.7 Å². The van der Waals surface area contributed by atoms with Crippen LogP contribution in [0.3, 0.4) is 0 Å². The van der Waals surface area contributed by atoms with Crippen LogP contribution in [-0.4, -0.2) is 28.5 Å². The summed E-state index contributed by atoms with van der Waals surface area (Å²) in [4.78, 5) is 38.1. The maximum Gasteiger partial charge on any atom is 0.294 e. The molecule has 1 saturated heterocycles. The molecule has 1 N–H and O–H groups in total. The highest BCUT2D eigenvalue weighted by Gasteiger charge is 2.36. The zero-order valence-electron chi connectivity index (χ0n) is 14.5. The normalized spacial score (nSPS) is 15.6. The van der Waals surface area contributed by atoms with E-state index in [1.165, 1.54) is 0 Å². The number of carbonyl (C=O) groups excluding carboxylic acids is 3. The first-order valence-electron chi connectivity index (χ1n) is 8.11. The van der Waals surface area contributed by atoms with E-state index in [2.05, 4.69) is 5.32 Å². The molecule has 132 valence electrons. The number of thioether (sulfide) groups is 1. The standard InChI is InChI=1S/C20H18N2O3S/c1-13-5-3-7-15(9-13)11-17-19(24)22(20(25)26-17)12-18(23)21-16-8-4-6-14(2)10-16/h3-11H,12H2,1-2H3,(H,21,23)/b17-11-. The van der Waals surface area contributed by atoms with Crippen molar-refractivity contribution in [3.8, 4) is 0 Å². The molecular formula is C20H18N2O3S. The van der Waals surface area contributed by atoms with Gasteiger partial charge in [-0.05, 0) is 54.9 Å². The fraction of sp³-hybridized carbons (Fsp3) is 0.150. The molecule has 2 aromatic rings. The summed E-state index contributed by atoms with van der Waals surface area (Å²) in [7, 11) is 0. The van der Waals surface area contributed by atoms with Crippen molar-refractivity contribution in [2.75, 3.05) is 11.9 Å². The van der Waals surface area contributed by atoms with E-state index in [4.69, 9.17) is 0 Å². The van der Waals surface area contributed by atoms with Crippen molar-refractivity contribution in [3.63, 3.8) is 0 Å². The van der Waals surface area contributed by atoms with Gasteiger partial charge in [0.1, 0.15) is 6.54 Å². The highest BCUT2D eigenvalue weighted by atomic mass is 32.2. The van der Waals surface area contributed by atoms with Crippen LogP contribution in [0.4, 0.5) is 10.5 Å². The van der Waals surface area contributed by atoms with Crippen LogP contribution >= 0.6 is 11.8 Å². The number of hydrogen-bond acceptors (Lipinski definition) is 4. The summed E-state index contributed by atoms with van der Waals surface area (Å²) >= 11 is 0.852. The Hall–Kier alpha value is -2.86. The summed E-state index contributed by atoms with van der Waals surface area (Å²) < 4.78 is 0. The van der Waals surface area contributed by atoms with E-state index in [1.54, 1.807) is 12.1 Å². The molecule has 2 aromatic carbocycles. The Kier molecular flexibility index (Phi) is 5.23. The Morgan fingerprint density at radius 3 is 2.46 bits per heavy atom. The van der Waals surface area contributed by atoms with Gasteiger partial charge >= 0.3 is 0 Å². The Labute approximate surface area is 156 Å². The lowest BCUT2D eigenvalue weighted by molar-refractivity contribution is -0.127. The molecule has 0 saturated carbocycles. The molecule has 1 aliphatic heterocycles. The van der Waals surface area contributed by atoms with Crippen molar-refractivity contribution in [2.24, 2.45) is 0 Å². The number of nitrogens with one attached hydrogen (secondary N) is 1. The predicted molar refractivity (Wildman–Crippen MR) is 104 cm³/mol. The Morgan fingerprint density at radius 1 is 1.08 bits per heavy atom. The van der Waals surface area contributed by atoms with Crippen LogP contribution in [0, 0.1) is 13.8 Å². The highest BCUT2D eigenvalue weighted by molar-refractivity contribution is 8.18. The lowest BCUT2D eigenvalue weighted by Gasteiger charge is -2.12. The van der Waals surface area contributed by atoms with Crippen LogP contribution in [0.2, 0.25) is 0 Å². The molecule has 6 heteroatoms. The van der Waals surface area contributed by atoms with Gasteiger partial charge < -0.3 is 5.32 Å². The molecule has 0 unspecified atom stereocenters. The van der Waals surface area contributed by atoms with Crippen LogP contribution in [0.15, 0.2) is 53.4 Å². The molecule has 5 nitrogen and oxygen atoms in total. The number of benzene rings is 2. The third-order valence-corrected chi connectivity index (χ3v) is 4.72. The number of carbonyl (C=O) groups is 3. The Bertz CT molecular complexity index is 921. The lowest BCUT2D eigenvalue weighted by atomic mass is 10.1. The molecule has 0 atom stereocenters. The average molecular weight is 366 g/mol. The molecule has 0 bridgehead atoms. The first kappa shape index (κ1) is 17.9. The van der Waals surface area contributed by atoms with Gasteiger partial charge in [0, 0.05) is 5.69 Å². The smallest absolute Gasteiger partial charge is 0.294 e. The van der Waals surface area contributed by atoms with E-state index in [1.807, 2.05) is 56.3 Å².